The SMILES string of the molecule is O=C([O-])c1ccc(Cl)c(NCc2cccnc2)c1. The second kappa shape index (κ2) is 5.51. The molecule has 0 saturated heterocycles. The van der Waals surface area contributed by atoms with Crippen LogP contribution in [0.5, 0.6) is 0 Å². The third-order valence-electron chi connectivity index (χ3n) is 2.41. The van der Waals surface area contributed by atoms with E-state index < -0.39 is 5.97 Å². The van der Waals surface area contributed by atoms with E-state index in [1.165, 1.54) is 18.2 Å². The van der Waals surface area contributed by atoms with Crippen LogP contribution in [0.3, 0.4) is 0 Å². The van der Waals surface area contributed by atoms with Gasteiger partial charge in [-0.2, -0.15) is 0 Å². The largest absolute Gasteiger partial charge is 0.545 e. The molecule has 0 atom stereocenters. The maximum atomic E-state index is 10.7. The number of halogens is 1. The average Bonchev–Trinajstić information content (AvgIpc) is 2.38. The monoisotopic (exact) mass is 261 g/mol. The molecule has 0 radical (unpaired) electrons. The molecule has 1 heterocycles. The number of hydrogen-bond acceptors (Lipinski definition) is 4. The van der Waals surface area contributed by atoms with Crippen LogP contribution in [0.1, 0.15) is 15.9 Å². The number of carbonyl (C=O) groups is 1. The van der Waals surface area contributed by atoms with Gasteiger partial charge < -0.3 is 15.2 Å². The minimum Gasteiger partial charge on any atom is -0.545 e. The van der Waals surface area contributed by atoms with Crippen LogP contribution in [0.2, 0.25) is 5.02 Å². The Morgan fingerprint density at radius 2 is 2.22 bits per heavy atom. The van der Waals surface area contributed by atoms with Crippen molar-refractivity contribution in [2.45, 2.75) is 6.54 Å². The van der Waals surface area contributed by atoms with Crippen molar-refractivity contribution in [1.29, 1.82) is 0 Å². The number of nitrogens with zero attached hydrogens (tertiary/aromatic N) is 1. The van der Waals surface area contributed by atoms with Crippen molar-refractivity contribution in [1.82, 2.24) is 4.98 Å². The van der Waals surface area contributed by atoms with Crippen LogP contribution in [0, 0.1) is 0 Å². The van der Waals surface area contributed by atoms with Crippen molar-refractivity contribution in [2.75, 3.05) is 5.32 Å². The third-order valence-corrected chi connectivity index (χ3v) is 2.74. The summed E-state index contributed by atoms with van der Waals surface area (Å²) < 4.78 is 0. The zero-order valence-corrected chi connectivity index (χ0v) is 10.1. The highest BCUT2D eigenvalue weighted by atomic mass is 35.5. The molecule has 1 aromatic carbocycles. The number of benzene rings is 1. The molecule has 0 bridgehead atoms. The Morgan fingerprint density at radius 3 is 2.89 bits per heavy atom. The number of carbonyl (C=O) groups excluding carboxylic acids is 1. The standard InChI is InChI=1S/C13H11ClN2O2/c14-11-4-3-10(13(17)18)6-12(11)16-8-9-2-1-5-15-7-9/h1-7,16H,8H2,(H,17,18)/p-1. The summed E-state index contributed by atoms with van der Waals surface area (Å²) in [5, 5.41) is 14.3. The number of rotatable bonds is 4. The fourth-order valence-electron chi connectivity index (χ4n) is 1.49. The molecule has 0 amide bonds. The lowest BCUT2D eigenvalue weighted by Crippen LogP contribution is -2.22. The molecule has 5 heteroatoms. The first-order valence-electron chi connectivity index (χ1n) is 5.30. The number of carboxylic acid groups (broad SMARTS) is 1. The average molecular weight is 262 g/mol. The summed E-state index contributed by atoms with van der Waals surface area (Å²) in [6.07, 6.45) is 3.41. The number of aromatic carboxylic acids is 1. The van der Waals surface area contributed by atoms with Crippen LogP contribution >= 0.6 is 11.6 Å². The van der Waals surface area contributed by atoms with Crippen molar-refractivity contribution in [3.8, 4) is 0 Å². The molecular weight excluding hydrogens is 252 g/mol. The fourth-order valence-corrected chi connectivity index (χ4v) is 1.67. The topological polar surface area (TPSA) is 65.0 Å². The first-order valence-corrected chi connectivity index (χ1v) is 5.68. The van der Waals surface area contributed by atoms with Gasteiger partial charge in [0.05, 0.1) is 16.7 Å². The summed E-state index contributed by atoms with van der Waals surface area (Å²) in [6.45, 7) is 0.518. The number of aromatic nitrogens is 1. The Kier molecular flexibility index (Phi) is 3.79. The van der Waals surface area contributed by atoms with E-state index in [0.29, 0.717) is 17.3 Å². The van der Waals surface area contributed by atoms with Gasteiger partial charge in [-0.25, -0.2) is 0 Å². The molecule has 4 nitrogen and oxygen atoms in total. The number of pyridine rings is 1. The van der Waals surface area contributed by atoms with Gasteiger partial charge >= 0.3 is 0 Å². The molecule has 1 N–H and O–H groups in total. The fraction of sp³-hybridized carbons (Fsp3) is 0.0769. The number of carboxylic acids is 1. The molecule has 18 heavy (non-hydrogen) atoms. The number of hydrogen-bond donors (Lipinski definition) is 1. The predicted molar refractivity (Wildman–Crippen MR) is 67.3 cm³/mol. The molecular formula is C13H10ClN2O2-. The Morgan fingerprint density at radius 1 is 1.39 bits per heavy atom. The van der Waals surface area contributed by atoms with Crippen LogP contribution in [-0.4, -0.2) is 11.0 Å². The quantitative estimate of drug-likeness (QED) is 0.910. The Balaban J connectivity index is 2.14. The summed E-state index contributed by atoms with van der Waals surface area (Å²) >= 11 is 5.98. The van der Waals surface area contributed by atoms with Crippen molar-refractivity contribution >= 4 is 23.3 Å². The first-order chi connectivity index (χ1) is 8.66. The first kappa shape index (κ1) is 12.4. The van der Waals surface area contributed by atoms with E-state index >= 15 is 0 Å². The van der Waals surface area contributed by atoms with E-state index in [9.17, 15) is 9.90 Å². The van der Waals surface area contributed by atoms with E-state index in [1.54, 1.807) is 12.4 Å². The van der Waals surface area contributed by atoms with Crippen LogP contribution in [0.4, 0.5) is 5.69 Å². The van der Waals surface area contributed by atoms with E-state index in [4.69, 9.17) is 11.6 Å². The molecule has 92 valence electrons. The molecule has 1 aromatic heterocycles. The minimum absolute atomic E-state index is 0.0908. The smallest absolute Gasteiger partial charge is 0.0716 e. The van der Waals surface area contributed by atoms with Gasteiger partial charge in [0.25, 0.3) is 0 Å². The second-order valence-corrected chi connectivity index (χ2v) is 4.10. The van der Waals surface area contributed by atoms with Gasteiger partial charge in [0.15, 0.2) is 0 Å². The molecule has 0 spiro atoms. The lowest BCUT2D eigenvalue weighted by molar-refractivity contribution is -0.255. The van der Waals surface area contributed by atoms with Crippen molar-refractivity contribution in [3.63, 3.8) is 0 Å². The summed E-state index contributed by atoms with van der Waals surface area (Å²) in [5.41, 5.74) is 1.63. The molecule has 0 unspecified atom stereocenters. The number of nitrogens with one attached hydrogen (secondary N) is 1. The maximum absolute atomic E-state index is 10.7. The highest BCUT2D eigenvalue weighted by Gasteiger charge is 2.02. The van der Waals surface area contributed by atoms with Crippen molar-refractivity contribution < 1.29 is 9.90 Å². The lowest BCUT2D eigenvalue weighted by atomic mass is 10.2. The molecule has 0 fully saturated rings. The molecule has 0 aliphatic heterocycles. The van der Waals surface area contributed by atoms with Gasteiger partial charge in [0, 0.05) is 18.9 Å². The lowest BCUT2D eigenvalue weighted by Gasteiger charge is -2.10. The van der Waals surface area contributed by atoms with Crippen molar-refractivity contribution in [3.05, 3.63) is 58.9 Å². The predicted octanol–water partition coefficient (Wildman–Crippen LogP) is 1.71. The maximum Gasteiger partial charge on any atom is 0.0716 e. The van der Waals surface area contributed by atoms with E-state index in [1.807, 2.05) is 12.1 Å². The van der Waals surface area contributed by atoms with Crippen LogP contribution < -0.4 is 10.4 Å². The second-order valence-electron chi connectivity index (χ2n) is 3.70. The van der Waals surface area contributed by atoms with Crippen LogP contribution in [0.15, 0.2) is 42.7 Å². The zero-order chi connectivity index (χ0) is 13.0. The summed E-state index contributed by atoms with van der Waals surface area (Å²) in [5.74, 6) is -1.23. The molecule has 0 aliphatic rings. The Bertz CT molecular complexity index is 558. The molecule has 0 saturated carbocycles. The highest BCUT2D eigenvalue weighted by Crippen LogP contribution is 2.23. The molecule has 0 aliphatic carbocycles. The summed E-state index contributed by atoms with van der Waals surface area (Å²) in [7, 11) is 0. The van der Waals surface area contributed by atoms with Gasteiger partial charge in [0.2, 0.25) is 0 Å². The van der Waals surface area contributed by atoms with Gasteiger partial charge in [-0.05, 0) is 29.3 Å². The zero-order valence-electron chi connectivity index (χ0n) is 9.39. The van der Waals surface area contributed by atoms with Gasteiger partial charge in [-0.15, -0.1) is 0 Å². The normalized spacial score (nSPS) is 10.1. The van der Waals surface area contributed by atoms with E-state index in [2.05, 4.69) is 10.3 Å². The van der Waals surface area contributed by atoms with E-state index in [0.717, 1.165) is 5.56 Å². The van der Waals surface area contributed by atoms with Gasteiger partial charge in [-0.3, -0.25) is 4.98 Å². The summed E-state index contributed by atoms with van der Waals surface area (Å²) in [4.78, 5) is 14.7. The van der Waals surface area contributed by atoms with Gasteiger partial charge in [0.1, 0.15) is 0 Å². The Labute approximate surface area is 109 Å². The third kappa shape index (κ3) is 2.99. The van der Waals surface area contributed by atoms with Crippen molar-refractivity contribution in [2.24, 2.45) is 0 Å². The molecule has 2 rings (SSSR count). The molecule has 2 aromatic rings. The van der Waals surface area contributed by atoms with Crippen LogP contribution in [0.25, 0.3) is 0 Å². The van der Waals surface area contributed by atoms with Gasteiger partial charge in [-0.1, -0.05) is 23.7 Å². The minimum atomic E-state index is -1.23. The highest BCUT2D eigenvalue weighted by molar-refractivity contribution is 6.33. The van der Waals surface area contributed by atoms with Crippen LogP contribution in [-0.2, 0) is 6.54 Å². The summed E-state index contributed by atoms with van der Waals surface area (Å²) in [6, 6.07) is 8.13. The number of anilines is 1. The van der Waals surface area contributed by atoms with E-state index in [-0.39, 0.29) is 5.56 Å². The Hall–Kier alpha value is -2.07.